The zero-order valence-electron chi connectivity index (χ0n) is 12.2. The first kappa shape index (κ1) is 16.2. The molecule has 2 aromatic carbocycles. The normalized spacial score (nSPS) is 12.7. The van der Waals surface area contributed by atoms with E-state index in [4.69, 9.17) is 0 Å². The number of rotatable bonds is 4. The molecule has 0 saturated heterocycles. The SMILES string of the molecule is C[C@@H](NC(=O)c1ccc(S(C)(=O)=O)cc1)c1ccc(F)cc1. The summed E-state index contributed by atoms with van der Waals surface area (Å²) < 4.78 is 35.6. The minimum atomic E-state index is -3.28. The summed E-state index contributed by atoms with van der Waals surface area (Å²) in [4.78, 5) is 12.3. The van der Waals surface area contributed by atoms with Gasteiger partial charge in [-0.25, -0.2) is 12.8 Å². The van der Waals surface area contributed by atoms with Gasteiger partial charge in [0.25, 0.3) is 5.91 Å². The summed E-state index contributed by atoms with van der Waals surface area (Å²) in [7, 11) is -3.28. The monoisotopic (exact) mass is 321 g/mol. The van der Waals surface area contributed by atoms with Crippen molar-refractivity contribution in [1.82, 2.24) is 5.32 Å². The minimum absolute atomic E-state index is 0.163. The van der Waals surface area contributed by atoms with Crippen LogP contribution in [0.5, 0.6) is 0 Å². The molecule has 0 bridgehead atoms. The van der Waals surface area contributed by atoms with Gasteiger partial charge in [-0.15, -0.1) is 0 Å². The highest BCUT2D eigenvalue weighted by Crippen LogP contribution is 2.15. The zero-order valence-corrected chi connectivity index (χ0v) is 13.0. The van der Waals surface area contributed by atoms with Gasteiger partial charge >= 0.3 is 0 Å². The van der Waals surface area contributed by atoms with Gasteiger partial charge in [-0.3, -0.25) is 4.79 Å². The zero-order chi connectivity index (χ0) is 16.3. The van der Waals surface area contributed by atoms with Crippen molar-refractivity contribution in [3.63, 3.8) is 0 Å². The summed E-state index contributed by atoms with van der Waals surface area (Å²) in [5.74, 6) is -0.657. The molecule has 1 amide bonds. The van der Waals surface area contributed by atoms with Crippen LogP contribution in [0.1, 0.15) is 28.9 Å². The van der Waals surface area contributed by atoms with Gasteiger partial charge in [-0.1, -0.05) is 12.1 Å². The van der Waals surface area contributed by atoms with Crippen molar-refractivity contribution >= 4 is 15.7 Å². The third-order valence-corrected chi connectivity index (χ3v) is 4.39. The average molecular weight is 321 g/mol. The molecule has 2 rings (SSSR count). The van der Waals surface area contributed by atoms with Gasteiger partial charge in [-0.2, -0.15) is 0 Å². The Labute approximate surface area is 128 Å². The maximum absolute atomic E-state index is 12.9. The van der Waals surface area contributed by atoms with Crippen molar-refractivity contribution in [3.8, 4) is 0 Å². The van der Waals surface area contributed by atoms with Crippen LogP contribution in [0.2, 0.25) is 0 Å². The van der Waals surface area contributed by atoms with Crippen LogP contribution in [0.4, 0.5) is 4.39 Å². The second kappa shape index (κ2) is 6.27. The van der Waals surface area contributed by atoms with E-state index in [2.05, 4.69) is 5.32 Å². The predicted molar refractivity (Wildman–Crippen MR) is 81.8 cm³/mol. The number of amides is 1. The molecule has 0 aliphatic heterocycles. The molecule has 0 spiro atoms. The van der Waals surface area contributed by atoms with Gasteiger partial charge in [0.05, 0.1) is 10.9 Å². The lowest BCUT2D eigenvalue weighted by Gasteiger charge is -2.14. The van der Waals surface area contributed by atoms with Crippen molar-refractivity contribution in [2.24, 2.45) is 0 Å². The minimum Gasteiger partial charge on any atom is -0.346 e. The topological polar surface area (TPSA) is 63.2 Å². The van der Waals surface area contributed by atoms with Crippen molar-refractivity contribution < 1.29 is 17.6 Å². The van der Waals surface area contributed by atoms with Gasteiger partial charge in [-0.05, 0) is 48.9 Å². The summed E-state index contributed by atoms with van der Waals surface area (Å²) >= 11 is 0. The van der Waals surface area contributed by atoms with E-state index in [1.165, 1.54) is 36.4 Å². The van der Waals surface area contributed by atoms with Crippen LogP contribution in [0.15, 0.2) is 53.4 Å². The number of hydrogen-bond acceptors (Lipinski definition) is 3. The van der Waals surface area contributed by atoms with Crippen LogP contribution in [-0.4, -0.2) is 20.6 Å². The molecule has 116 valence electrons. The quantitative estimate of drug-likeness (QED) is 0.942. The first-order chi connectivity index (χ1) is 10.3. The van der Waals surface area contributed by atoms with Crippen LogP contribution >= 0.6 is 0 Å². The van der Waals surface area contributed by atoms with Gasteiger partial charge in [0.2, 0.25) is 0 Å². The summed E-state index contributed by atoms with van der Waals surface area (Å²) in [6.45, 7) is 1.79. The second-order valence-electron chi connectivity index (χ2n) is 5.04. The first-order valence-corrected chi connectivity index (χ1v) is 8.53. The average Bonchev–Trinajstić information content (AvgIpc) is 2.47. The van der Waals surface area contributed by atoms with E-state index in [9.17, 15) is 17.6 Å². The molecule has 4 nitrogen and oxygen atoms in total. The van der Waals surface area contributed by atoms with E-state index in [1.54, 1.807) is 19.1 Å². The Hall–Kier alpha value is -2.21. The lowest BCUT2D eigenvalue weighted by atomic mass is 10.1. The molecule has 0 fully saturated rings. The van der Waals surface area contributed by atoms with Crippen LogP contribution in [0.25, 0.3) is 0 Å². The summed E-state index contributed by atoms with van der Waals surface area (Å²) in [5.41, 5.74) is 1.14. The van der Waals surface area contributed by atoms with Gasteiger partial charge < -0.3 is 5.32 Å². The fraction of sp³-hybridized carbons (Fsp3) is 0.188. The third kappa shape index (κ3) is 3.92. The number of hydrogen-bond donors (Lipinski definition) is 1. The number of carbonyl (C=O) groups excluding carboxylic acids is 1. The van der Waals surface area contributed by atoms with Crippen LogP contribution in [0.3, 0.4) is 0 Å². The number of sulfone groups is 1. The molecule has 2 aromatic rings. The highest BCUT2D eigenvalue weighted by Gasteiger charge is 2.13. The van der Waals surface area contributed by atoms with Crippen molar-refractivity contribution in [1.29, 1.82) is 0 Å². The van der Waals surface area contributed by atoms with E-state index in [-0.39, 0.29) is 22.7 Å². The molecule has 0 radical (unpaired) electrons. The highest BCUT2D eigenvalue weighted by molar-refractivity contribution is 7.90. The molecule has 1 atom stereocenters. The van der Waals surface area contributed by atoms with Gasteiger partial charge in [0.1, 0.15) is 5.82 Å². The maximum atomic E-state index is 12.9. The summed E-state index contributed by atoms with van der Waals surface area (Å²) in [6, 6.07) is 11.3. The molecule has 0 unspecified atom stereocenters. The van der Waals surface area contributed by atoms with Gasteiger partial charge in [0, 0.05) is 11.8 Å². The molecule has 0 aromatic heterocycles. The molecule has 6 heteroatoms. The third-order valence-electron chi connectivity index (χ3n) is 3.26. The molecule has 0 aliphatic rings. The Kier molecular flexibility index (Phi) is 4.61. The molecular formula is C16H16FNO3S. The maximum Gasteiger partial charge on any atom is 0.251 e. The van der Waals surface area contributed by atoms with Crippen LogP contribution in [0, 0.1) is 5.82 Å². The Morgan fingerprint density at radius 3 is 2.09 bits per heavy atom. The second-order valence-corrected chi connectivity index (χ2v) is 7.06. The standard InChI is InChI=1S/C16H16FNO3S/c1-11(12-3-7-14(17)8-4-12)18-16(19)13-5-9-15(10-6-13)22(2,20)21/h3-11H,1-2H3,(H,18,19)/t11-/m1/s1. The number of benzene rings is 2. The van der Waals surface area contributed by atoms with E-state index >= 15 is 0 Å². The number of carbonyl (C=O) groups is 1. The molecule has 1 N–H and O–H groups in total. The van der Waals surface area contributed by atoms with E-state index in [0.29, 0.717) is 5.56 Å². The molecule has 0 heterocycles. The molecule has 0 saturated carbocycles. The lowest BCUT2D eigenvalue weighted by molar-refractivity contribution is 0.0940. The molecule has 0 aliphatic carbocycles. The predicted octanol–water partition coefficient (Wildman–Crippen LogP) is 2.72. The van der Waals surface area contributed by atoms with Crippen molar-refractivity contribution in [3.05, 3.63) is 65.5 Å². The Morgan fingerprint density at radius 2 is 1.59 bits per heavy atom. The van der Waals surface area contributed by atoms with Crippen LogP contribution < -0.4 is 5.32 Å². The summed E-state index contributed by atoms with van der Waals surface area (Å²) in [6.07, 6.45) is 1.11. The number of halogens is 1. The van der Waals surface area contributed by atoms with E-state index in [0.717, 1.165) is 11.8 Å². The van der Waals surface area contributed by atoms with Gasteiger partial charge in [0.15, 0.2) is 9.84 Å². The van der Waals surface area contributed by atoms with Crippen molar-refractivity contribution in [2.75, 3.05) is 6.26 Å². The fourth-order valence-electron chi connectivity index (χ4n) is 1.97. The Morgan fingerprint density at radius 1 is 1.05 bits per heavy atom. The van der Waals surface area contributed by atoms with Crippen molar-refractivity contribution in [2.45, 2.75) is 17.9 Å². The van der Waals surface area contributed by atoms with E-state index in [1.807, 2.05) is 0 Å². The number of nitrogens with one attached hydrogen (secondary N) is 1. The highest BCUT2D eigenvalue weighted by atomic mass is 32.2. The van der Waals surface area contributed by atoms with Crippen LogP contribution in [-0.2, 0) is 9.84 Å². The molecular weight excluding hydrogens is 305 g/mol. The Balaban J connectivity index is 2.10. The smallest absolute Gasteiger partial charge is 0.251 e. The molecule has 22 heavy (non-hydrogen) atoms. The van der Waals surface area contributed by atoms with E-state index < -0.39 is 9.84 Å². The summed E-state index contributed by atoms with van der Waals surface area (Å²) in [5, 5.41) is 2.78. The Bertz CT molecular complexity index is 768. The fourth-order valence-corrected chi connectivity index (χ4v) is 2.60. The first-order valence-electron chi connectivity index (χ1n) is 6.64. The lowest BCUT2D eigenvalue weighted by Crippen LogP contribution is -2.26. The largest absolute Gasteiger partial charge is 0.346 e.